The Balaban J connectivity index is 1.53. The zero-order valence-electron chi connectivity index (χ0n) is 14.0. The molecular weight excluding hydrogens is 324 g/mol. The van der Waals surface area contributed by atoms with E-state index in [1.165, 1.54) is 0 Å². The fourth-order valence-corrected chi connectivity index (χ4v) is 4.20. The lowest BCUT2D eigenvalue weighted by Crippen LogP contribution is -2.45. The number of rotatable bonds is 3. The third kappa shape index (κ3) is 4.11. The van der Waals surface area contributed by atoms with Crippen molar-refractivity contribution in [2.24, 2.45) is 17.6 Å². The minimum absolute atomic E-state index is 0.103. The van der Waals surface area contributed by atoms with E-state index in [9.17, 15) is 9.90 Å². The van der Waals surface area contributed by atoms with Crippen LogP contribution >= 0.6 is 11.6 Å². The van der Waals surface area contributed by atoms with E-state index in [2.05, 4.69) is 0 Å². The molecule has 0 radical (unpaired) electrons. The van der Waals surface area contributed by atoms with E-state index in [-0.39, 0.29) is 23.8 Å². The van der Waals surface area contributed by atoms with Crippen LogP contribution in [0.5, 0.6) is 0 Å². The highest BCUT2D eigenvalue weighted by molar-refractivity contribution is 6.30. The average Bonchev–Trinajstić information content (AvgIpc) is 2.61. The summed E-state index contributed by atoms with van der Waals surface area (Å²) in [6, 6.07) is 7.56. The number of piperidine rings is 1. The van der Waals surface area contributed by atoms with E-state index in [1.54, 1.807) is 0 Å². The average molecular weight is 351 g/mol. The first-order valence-corrected chi connectivity index (χ1v) is 9.40. The monoisotopic (exact) mass is 350 g/mol. The normalized spacial score (nSPS) is 27.0. The lowest BCUT2D eigenvalue weighted by atomic mass is 9.83. The number of amides is 1. The topological polar surface area (TPSA) is 66.6 Å². The summed E-state index contributed by atoms with van der Waals surface area (Å²) in [6.45, 7) is 1.47. The smallest absolute Gasteiger partial charge is 0.225 e. The van der Waals surface area contributed by atoms with Crippen LogP contribution in [0.3, 0.4) is 0 Å². The van der Waals surface area contributed by atoms with Gasteiger partial charge < -0.3 is 15.7 Å². The number of nitrogens with zero attached hydrogens (tertiary/aromatic N) is 1. The van der Waals surface area contributed by atoms with Crippen molar-refractivity contribution < 1.29 is 9.90 Å². The standard InChI is InChI=1S/C19H27ClN2O2/c20-16-6-4-13(5-7-16)18(23)14-8-10-22(11-9-14)19(24)15-2-1-3-17(21)12-15/h4-7,14-15,17-18,23H,1-3,8-12,21H2/t15-,17+,18-/m0/s1. The minimum Gasteiger partial charge on any atom is -0.388 e. The number of aliphatic hydroxyl groups excluding tert-OH is 1. The summed E-state index contributed by atoms with van der Waals surface area (Å²) in [6.07, 6.45) is 5.10. The van der Waals surface area contributed by atoms with Gasteiger partial charge in [0.2, 0.25) is 5.91 Å². The van der Waals surface area contributed by atoms with E-state index in [0.29, 0.717) is 5.02 Å². The molecule has 0 unspecified atom stereocenters. The molecule has 1 heterocycles. The highest BCUT2D eigenvalue weighted by Crippen LogP contribution is 2.33. The molecule has 24 heavy (non-hydrogen) atoms. The number of carbonyl (C=O) groups excluding carboxylic acids is 1. The second-order valence-electron chi connectivity index (χ2n) is 7.28. The maximum absolute atomic E-state index is 12.7. The lowest BCUT2D eigenvalue weighted by molar-refractivity contribution is -0.138. The fraction of sp³-hybridized carbons (Fsp3) is 0.632. The van der Waals surface area contributed by atoms with Gasteiger partial charge in [-0.25, -0.2) is 0 Å². The van der Waals surface area contributed by atoms with Crippen LogP contribution in [0.25, 0.3) is 0 Å². The van der Waals surface area contributed by atoms with Gasteiger partial charge in [0.05, 0.1) is 6.10 Å². The Kier molecular flexibility index (Phi) is 5.80. The van der Waals surface area contributed by atoms with Crippen molar-refractivity contribution in [2.45, 2.75) is 50.7 Å². The van der Waals surface area contributed by atoms with Crippen LogP contribution in [-0.2, 0) is 4.79 Å². The Morgan fingerprint density at radius 3 is 2.46 bits per heavy atom. The predicted octanol–water partition coefficient (Wildman–Crippen LogP) is 3.13. The number of nitrogens with two attached hydrogens (primary N) is 1. The molecule has 1 saturated carbocycles. The summed E-state index contributed by atoms with van der Waals surface area (Å²) in [5.74, 6) is 0.569. The molecule has 0 bridgehead atoms. The number of halogens is 1. The van der Waals surface area contributed by atoms with Gasteiger partial charge in [0.15, 0.2) is 0 Å². The Morgan fingerprint density at radius 1 is 1.17 bits per heavy atom. The lowest BCUT2D eigenvalue weighted by Gasteiger charge is -2.37. The molecule has 2 aliphatic rings. The SMILES string of the molecule is N[C@@H]1CCC[C@H](C(=O)N2CCC([C@@H](O)c3ccc(Cl)cc3)CC2)C1. The number of hydrogen-bond acceptors (Lipinski definition) is 3. The van der Waals surface area contributed by atoms with Crippen molar-refractivity contribution in [3.63, 3.8) is 0 Å². The zero-order chi connectivity index (χ0) is 17.1. The van der Waals surface area contributed by atoms with Crippen molar-refractivity contribution in [3.8, 4) is 0 Å². The van der Waals surface area contributed by atoms with Gasteiger partial charge in [-0.3, -0.25) is 4.79 Å². The van der Waals surface area contributed by atoms with Crippen LogP contribution in [0.15, 0.2) is 24.3 Å². The van der Waals surface area contributed by atoms with E-state index in [4.69, 9.17) is 17.3 Å². The van der Waals surface area contributed by atoms with Crippen molar-refractivity contribution >= 4 is 17.5 Å². The first-order chi connectivity index (χ1) is 11.5. The summed E-state index contributed by atoms with van der Waals surface area (Å²) in [5, 5.41) is 11.3. The van der Waals surface area contributed by atoms with Crippen LogP contribution in [0.4, 0.5) is 0 Å². The first kappa shape index (κ1) is 17.7. The molecule has 3 N–H and O–H groups in total. The molecule has 1 amide bonds. The molecule has 1 aromatic rings. The number of likely N-dealkylation sites (tertiary alicyclic amines) is 1. The molecule has 1 aromatic carbocycles. The molecule has 0 aromatic heterocycles. The molecule has 1 aliphatic carbocycles. The maximum Gasteiger partial charge on any atom is 0.225 e. The van der Waals surface area contributed by atoms with Gasteiger partial charge in [0, 0.05) is 30.1 Å². The van der Waals surface area contributed by atoms with E-state index >= 15 is 0 Å². The van der Waals surface area contributed by atoms with Crippen molar-refractivity contribution in [2.75, 3.05) is 13.1 Å². The zero-order valence-corrected chi connectivity index (χ0v) is 14.8. The Bertz CT molecular complexity index is 555. The molecule has 4 nitrogen and oxygen atoms in total. The van der Waals surface area contributed by atoms with E-state index < -0.39 is 6.10 Å². The first-order valence-electron chi connectivity index (χ1n) is 9.02. The number of aliphatic hydroxyl groups is 1. The fourth-order valence-electron chi connectivity index (χ4n) is 4.08. The molecule has 1 aliphatic heterocycles. The van der Waals surface area contributed by atoms with Crippen LogP contribution in [-0.4, -0.2) is 35.0 Å². The summed E-state index contributed by atoms with van der Waals surface area (Å²) < 4.78 is 0. The van der Waals surface area contributed by atoms with Gasteiger partial charge in [0.1, 0.15) is 0 Å². The molecule has 3 rings (SSSR count). The highest BCUT2D eigenvalue weighted by Gasteiger charge is 2.33. The maximum atomic E-state index is 12.7. The molecule has 132 valence electrons. The Hall–Kier alpha value is -1.10. The van der Waals surface area contributed by atoms with Gasteiger partial charge in [0.25, 0.3) is 0 Å². The summed E-state index contributed by atoms with van der Waals surface area (Å²) >= 11 is 5.91. The third-order valence-corrected chi connectivity index (χ3v) is 5.83. The molecule has 5 heteroatoms. The molecule has 0 spiro atoms. The molecule has 2 fully saturated rings. The van der Waals surface area contributed by atoms with Crippen LogP contribution in [0.2, 0.25) is 5.02 Å². The van der Waals surface area contributed by atoms with E-state index in [1.807, 2.05) is 29.2 Å². The number of hydrogen-bond donors (Lipinski definition) is 2. The van der Waals surface area contributed by atoms with Crippen LogP contribution < -0.4 is 5.73 Å². The van der Waals surface area contributed by atoms with Gasteiger partial charge in [-0.2, -0.15) is 0 Å². The van der Waals surface area contributed by atoms with Crippen LogP contribution in [0.1, 0.15) is 50.2 Å². The third-order valence-electron chi connectivity index (χ3n) is 5.57. The van der Waals surface area contributed by atoms with Crippen LogP contribution in [0, 0.1) is 11.8 Å². The molecule has 3 atom stereocenters. The largest absolute Gasteiger partial charge is 0.388 e. The number of carbonyl (C=O) groups is 1. The predicted molar refractivity (Wildman–Crippen MR) is 95.6 cm³/mol. The second kappa shape index (κ2) is 7.85. The highest BCUT2D eigenvalue weighted by atomic mass is 35.5. The Morgan fingerprint density at radius 2 is 1.83 bits per heavy atom. The van der Waals surface area contributed by atoms with Gasteiger partial charge >= 0.3 is 0 Å². The minimum atomic E-state index is -0.484. The van der Waals surface area contributed by atoms with E-state index in [0.717, 1.165) is 57.2 Å². The second-order valence-corrected chi connectivity index (χ2v) is 7.72. The van der Waals surface area contributed by atoms with Gasteiger partial charge in [-0.15, -0.1) is 0 Å². The van der Waals surface area contributed by atoms with Gasteiger partial charge in [-0.1, -0.05) is 30.2 Å². The van der Waals surface area contributed by atoms with Crippen molar-refractivity contribution in [1.82, 2.24) is 4.90 Å². The molecule has 1 saturated heterocycles. The Labute approximate surface area is 149 Å². The van der Waals surface area contributed by atoms with Crippen molar-refractivity contribution in [1.29, 1.82) is 0 Å². The summed E-state index contributed by atoms with van der Waals surface area (Å²) in [4.78, 5) is 14.7. The molecular formula is C19H27ClN2O2. The van der Waals surface area contributed by atoms with Crippen molar-refractivity contribution in [3.05, 3.63) is 34.9 Å². The number of benzene rings is 1. The quantitative estimate of drug-likeness (QED) is 0.880. The van der Waals surface area contributed by atoms with Gasteiger partial charge in [-0.05, 0) is 55.7 Å². The summed E-state index contributed by atoms with van der Waals surface area (Å²) in [5.41, 5.74) is 6.92. The summed E-state index contributed by atoms with van der Waals surface area (Å²) in [7, 11) is 0.